The summed E-state index contributed by atoms with van der Waals surface area (Å²) in [6.45, 7) is 0. The molecule has 1 N–H and O–H groups in total. The summed E-state index contributed by atoms with van der Waals surface area (Å²) in [5.74, 6) is -0.215. The Morgan fingerprint density at radius 2 is 1.00 bits per heavy atom. The summed E-state index contributed by atoms with van der Waals surface area (Å²) in [5, 5.41) is 7.21. The third-order valence-electron chi connectivity index (χ3n) is 6.24. The van der Waals surface area contributed by atoms with Crippen LogP contribution in [0.3, 0.4) is 0 Å². The van der Waals surface area contributed by atoms with Crippen molar-refractivity contribution in [1.82, 2.24) is 5.32 Å². The highest BCUT2D eigenvalue weighted by atomic mass is 35.5. The van der Waals surface area contributed by atoms with Gasteiger partial charge < -0.3 is 12.4 Å². The second-order valence-corrected chi connectivity index (χ2v) is 14.1. The lowest BCUT2D eigenvalue weighted by Crippen LogP contribution is -3.00. The van der Waals surface area contributed by atoms with Gasteiger partial charge in [0.2, 0.25) is 5.44 Å². The van der Waals surface area contributed by atoms with Crippen LogP contribution in [0.4, 0.5) is 0 Å². The van der Waals surface area contributed by atoms with E-state index in [1.807, 2.05) is 97.1 Å². The lowest BCUT2D eigenvalue weighted by atomic mass is 10.2. The molecule has 0 aliphatic carbocycles. The van der Waals surface area contributed by atoms with Gasteiger partial charge in [0.25, 0.3) is 5.91 Å². The summed E-state index contributed by atoms with van der Waals surface area (Å²) in [6, 6.07) is 47.7. The third-order valence-corrected chi connectivity index (χ3v) is 12.3. The van der Waals surface area contributed by atoms with Gasteiger partial charge in [0.15, 0.2) is 7.26 Å². The maximum atomic E-state index is 13.8. The smallest absolute Gasteiger partial charge is 0.258 e. The van der Waals surface area contributed by atoms with Gasteiger partial charge in [-0.05, 0) is 72.8 Å². The van der Waals surface area contributed by atoms with Gasteiger partial charge in [-0.1, -0.05) is 108 Å². The molecule has 0 radical (unpaired) electrons. The van der Waals surface area contributed by atoms with Gasteiger partial charge in [-0.3, -0.25) is 10.1 Å². The molecule has 0 heterocycles. The van der Waals surface area contributed by atoms with Crippen LogP contribution in [-0.2, 0) is 0 Å². The highest BCUT2D eigenvalue weighted by Crippen LogP contribution is 2.64. The molecule has 0 saturated carbocycles. The highest BCUT2D eigenvalue weighted by Gasteiger charge is 2.52. The van der Waals surface area contributed by atoms with E-state index < -0.39 is 7.26 Å². The lowest BCUT2D eigenvalue weighted by molar-refractivity contribution is -0.0000155. The largest absolute Gasteiger partial charge is 1.00 e. The predicted molar refractivity (Wildman–Crippen MR) is 169 cm³/mol. The molecule has 0 aliphatic heterocycles. The number of rotatable bonds is 8. The van der Waals surface area contributed by atoms with Crippen molar-refractivity contribution in [2.45, 2.75) is 4.90 Å². The normalized spacial score (nSPS) is 11.7. The first kappa shape index (κ1) is 29.9. The van der Waals surface area contributed by atoms with E-state index in [2.05, 4.69) is 41.7 Å². The van der Waals surface area contributed by atoms with Gasteiger partial charge in [-0.15, -0.1) is 0 Å². The van der Waals surface area contributed by atoms with Crippen LogP contribution >= 0.6 is 42.2 Å². The monoisotopic (exact) mass is 619 g/mol. The topological polar surface area (TPSA) is 29.1 Å². The zero-order valence-corrected chi connectivity index (χ0v) is 25.2. The Kier molecular flexibility index (Phi) is 10.5. The van der Waals surface area contributed by atoms with Crippen LogP contribution in [0.2, 0.25) is 5.02 Å². The molecular formula is C33H25Cl3NOPS. The maximum absolute atomic E-state index is 13.8. The number of hydrogen-bond acceptors (Lipinski definition) is 2. The SMILES string of the molecule is O=C(N/C(=C(/Cl)Sc1ccc(Cl)cc1)[P+](c1ccccc1)(c1ccccc1)c1ccccc1)c1ccccc1.[Cl-]. The van der Waals surface area contributed by atoms with Crippen LogP contribution in [-0.4, -0.2) is 5.91 Å². The molecule has 200 valence electrons. The molecule has 5 aromatic carbocycles. The van der Waals surface area contributed by atoms with Crippen LogP contribution in [0.15, 0.2) is 160 Å². The van der Waals surface area contributed by atoms with E-state index in [9.17, 15) is 4.79 Å². The Hall–Kier alpha value is -3.04. The van der Waals surface area contributed by atoms with Crippen molar-refractivity contribution in [3.05, 3.63) is 166 Å². The van der Waals surface area contributed by atoms with Crippen LogP contribution in [0, 0.1) is 0 Å². The molecule has 2 nitrogen and oxygen atoms in total. The molecule has 40 heavy (non-hydrogen) atoms. The van der Waals surface area contributed by atoms with Crippen LogP contribution < -0.4 is 33.6 Å². The Balaban J connectivity index is 0.00000370. The standard InChI is InChI=1S/C33H24Cl2NOPS.ClH/c34-26-21-23-30(24-22-26)39-31(35)33(36-32(37)25-13-5-1-6-14-25)38(27-15-7-2-8-16-27,28-17-9-3-10-18-28)29-19-11-4-12-20-29;/h1-24H;1H/b33-31+;. The summed E-state index contributed by atoms with van der Waals surface area (Å²) >= 11 is 14.9. The van der Waals surface area contributed by atoms with Crippen LogP contribution in [0.1, 0.15) is 10.4 Å². The number of thioether (sulfide) groups is 1. The summed E-state index contributed by atoms with van der Waals surface area (Å²) < 4.78 is 0.492. The molecule has 0 unspecified atom stereocenters. The molecule has 0 spiro atoms. The number of halogens is 3. The van der Waals surface area contributed by atoms with Crippen molar-refractivity contribution in [3.63, 3.8) is 0 Å². The molecule has 7 heteroatoms. The van der Waals surface area contributed by atoms with E-state index in [0.29, 0.717) is 20.4 Å². The lowest BCUT2D eigenvalue weighted by Gasteiger charge is -2.30. The van der Waals surface area contributed by atoms with Gasteiger partial charge in [-0.25, -0.2) is 0 Å². The number of carbonyl (C=O) groups is 1. The second-order valence-electron chi connectivity index (χ2n) is 8.68. The van der Waals surface area contributed by atoms with Crippen molar-refractivity contribution >= 4 is 64.0 Å². The minimum atomic E-state index is -2.67. The minimum Gasteiger partial charge on any atom is -1.00 e. The number of amides is 1. The Labute approximate surface area is 256 Å². The number of benzene rings is 5. The first-order valence-electron chi connectivity index (χ1n) is 12.3. The zero-order valence-electron chi connectivity index (χ0n) is 21.3. The molecule has 0 aliphatic rings. The predicted octanol–water partition coefficient (Wildman–Crippen LogP) is 5.23. The van der Waals surface area contributed by atoms with Crippen LogP contribution in [0.25, 0.3) is 0 Å². The summed E-state index contributed by atoms with van der Waals surface area (Å²) in [5.41, 5.74) is 1.24. The second kappa shape index (κ2) is 14.0. The van der Waals surface area contributed by atoms with Crippen molar-refractivity contribution in [3.8, 4) is 0 Å². The van der Waals surface area contributed by atoms with E-state index in [1.165, 1.54) is 11.8 Å². The molecule has 5 aromatic rings. The van der Waals surface area contributed by atoms with Gasteiger partial charge in [0, 0.05) is 15.5 Å². The third kappa shape index (κ3) is 6.47. The molecule has 5 rings (SSSR count). The summed E-state index contributed by atoms with van der Waals surface area (Å²) in [7, 11) is -2.67. The number of hydrogen-bond donors (Lipinski definition) is 1. The molecule has 0 saturated heterocycles. The van der Waals surface area contributed by atoms with E-state index in [4.69, 9.17) is 23.2 Å². The average Bonchev–Trinajstić information content (AvgIpc) is 3.00. The van der Waals surface area contributed by atoms with Gasteiger partial charge in [0.05, 0.1) is 0 Å². The van der Waals surface area contributed by atoms with E-state index in [0.717, 1.165) is 20.8 Å². The minimum absolute atomic E-state index is 0. The van der Waals surface area contributed by atoms with E-state index in [1.54, 1.807) is 12.1 Å². The van der Waals surface area contributed by atoms with E-state index in [-0.39, 0.29) is 18.3 Å². The van der Waals surface area contributed by atoms with Crippen molar-refractivity contribution < 1.29 is 17.2 Å². The van der Waals surface area contributed by atoms with Gasteiger partial charge in [-0.2, -0.15) is 0 Å². The summed E-state index contributed by atoms with van der Waals surface area (Å²) in [4.78, 5) is 14.7. The fourth-order valence-electron chi connectivity index (χ4n) is 4.48. The summed E-state index contributed by atoms with van der Waals surface area (Å²) in [6.07, 6.45) is 0. The Morgan fingerprint density at radius 3 is 1.43 bits per heavy atom. The average molecular weight is 621 g/mol. The highest BCUT2D eigenvalue weighted by molar-refractivity contribution is 8.06. The maximum Gasteiger partial charge on any atom is 0.258 e. The fourth-order valence-corrected chi connectivity index (χ4v) is 10.5. The zero-order chi connectivity index (χ0) is 27.1. The Bertz CT molecular complexity index is 1470. The number of carbonyl (C=O) groups excluding carboxylic acids is 1. The van der Waals surface area contributed by atoms with Crippen molar-refractivity contribution in [2.75, 3.05) is 0 Å². The number of nitrogens with one attached hydrogen (secondary N) is 1. The van der Waals surface area contributed by atoms with E-state index >= 15 is 0 Å². The molecular weight excluding hydrogens is 596 g/mol. The first-order chi connectivity index (χ1) is 19.1. The quantitative estimate of drug-likeness (QED) is 0.190. The molecule has 0 bridgehead atoms. The molecule has 1 amide bonds. The van der Waals surface area contributed by atoms with Crippen molar-refractivity contribution in [1.29, 1.82) is 0 Å². The fraction of sp³-hybridized carbons (Fsp3) is 0. The van der Waals surface area contributed by atoms with Crippen LogP contribution in [0.5, 0.6) is 0 Å². The molecule has 0 aromatic heterocycles. The van der Waals surface area contributed by atoms with Gasteiger partial charge >= 0.3 is 0 Å². The van der Waals surface area contributed by atoms with Crippen molar-refractivity contribution in [2.24, 2.45) is 0 Å². The molecule has 0 fully saturated rings. The van der Waals surface area contributed by atoms with Gasteiger partial charge in [0.1, 0.15) is 20.3 Å². The Morgan fingerprint density at radius 1 is 0.600 bits per heavy atom. The first-order valence-corrected chi connectivity index (χ1v) is 15.7. The molecule has 0 atom stereocenters.